The number of likely N-dealkylation sites (tertiary alicyclic amines) is 1. The molecule has 136 valence electrons. The minimum atomic E-state index is 0.0895. The van der Waals surface area contributed by atoms with Crippen LogP contribution in [-0.4, -0.2) is 39.7 Å². The smallest absolute Gasteiger partial charge is 0.264 e. The van der Waals surface area contributed by atoms with Crippen LogP contribution < -0.4 is 5.73 Å². The highest BCUT2D eigenvalue weighted by Crippen LogP contribution is 2.33. The van der Waals surface area contributed by atoms with Crippen molar-refractivity contribution in [2.45, 2.75) is 26.3 Å². The van der Waals surface area contributed by atoms with Gasteiger partial charge in [0.05, 0.1) is 16.3 Å². The highest BCUT2D eigenvalue weighted by Gasteiger charge is 2.33. The normalized spacial score (nSPS) is 20.2. The molecule has 2 unspecified atom stereocenters. The van der Waals surface area contributed by atoms with Gasteiger partial charge >= 0.3 is 0 Å². The quantitative estimate of drug-likeness (QED) is 0.741. The molecule has 2 atom stereocenters. The lowest BCUT2D eigenvalue weighted by Gasteiger charge is -2.20. The second kappa shape index (κ2) is 6.68. The zero-order chi connectivity index (χ0) is 18.4. The summed E-state index contributed by atoms with van der Waals surface area (Å²) >= 11 is 7.62. The molecule has 3 heterocycles. The molecule has 4 rings (SSSR count). The predicted molar refractivity (Wildman–Crippen MR) is 106 cm³/mol. The summed E-state index contributed by atoms with van der Waals surface area (Å²) in [6, 6.07) is 9.78. The summed E-state index contributed by atoms with van der Waals surface area (Å²) < 4.78 is 1.87. The van der Waals surface area contributed by atoms with E-state index < -0.39 is 0 Å². The molecule has 0 aliphatic carbocycles. The average molecular weight is 389 g/mol. The molecule has 2 N–H and O–H groups in total. The van der Waals surface area contributed by atoms with Crippen LogP contribution in [0.5, 0.6) is 0 Å². The maximum atomic E-state index is 13.0. The van der Waals surface area contributed by atoms with E-state index in [2.05, 4.69) is 12.0 Å². The van der Waals surface area contributed by atoms with Crippen molar-refractivity contribution in [3.05, 3.63) is 45.9 Å². The number of nitrogens with zero attached hydrogens (tertiary/aromatic N) is 3. The first-order chi connectivity index (χ1) is 12.5. The van der Waals surface area contributed by atoms with Crippen LogP contribution in [0.2, 0.25) is 5.02 Å². The topological polar surface area (TPSA) is 64.2 Å². The Morgan fingerprint density at radius 3 is 2.92 bits per heavy atom. The number of amides is 1. The zero-order valence-electron chi connectivity index (χ0n) is 14.8. The van der Waals surface area contributed by atoms with Crippen molar-refractivity contribution in [3.8, 4) is 5.69 Å². The molecule has 2 aromatic heterocycles. The summed E-state index contributed by atoms with van der Waals surface area (Å²) in [5.41, 5.74) is 7.60. The number of aryl methyl sites for hydroxylation is 1. The summed E-state index contributed by atoms with van der Waals surface area (Å²) in [7, 11) is 0. The van der Waals surface area contributed by atoms with Crippen LogP contribution in [-0.2, 0) is 0 Å². The van der Waals surface area contributed by atoms with Crippen LogP contribution in [0.15, 0.2) is 30.3 Å². The molecule has 0 radical (unpaired) electrons. The SMILES string of the molecule is Cc1nn(-c2cccc(Cl)c2)c2sc(C(=O)N3CC(CN)CC3C)cc12. The first-order valence-electron chi connectivity index (χ1n) is 8.74. The Labute approximate surface area is 161 Å². The molecule has 1 aliphatic heterocycles. The van der Waals surface area contributed by atoms with E-state index in [0.29, 0.717) is 17.5 Å². The molecule has 7 heteroatoms. The van der Waals surface area contributed by atoms with Gasteiger partial charge in [0.15, 0.2) is 0 Å². The van der Waals surface area contributed by atoms with E-state index in [1.807, 2.05) is 46.8 Å². The van der Waals surface area contributed by atoms with Gasteiger partial charge in [-0.3, -0.25) is 4.79 Å². The summed E-state index contributed by atoms with van der Waals surface area (Å²) in [6.45, 7) is 5.43. The van der Waals surface area contributed by atoms with Crippen LogP contribution in [0.3, 0.4) is 0 Å². The Balaban J connectivity index is 1.72. The van der Waals surface area contributed by atoms with Crippen molar-refractivity contribution in [2.75, 3.05) is 13.1 Å². The minimum Gasteiger partial charge on any atom is -0.335 e. The van der Waals surface area contributed by atoms with E-state index in [0.717, 1.165) is 39.4 Å². The molecule has 3 aromatic rings. The molecule has 26 heavy (non-hydrogen) atoms. The van der Waals surface area contributed by atoms with Gasteiger partial charge in [0.25, 0.3) is 5.91 Å². The maximum Gasteiger partial charge on any atom is 0.264 e. The third-order valence-electron chi connectivity index (χ3n) is 5.06. The van der Waals surface area contributed by atoms with Gasteiger partial charge in [-0.2, -0.15) is 5.10 Å². The maximum absolute atomic E-state index is 13.0. The molecule has 1 amide bonds. The highest BCUT2D eigenvalue weighted by molar-refractivity contribution is 7.20. The second-order valence-electron chi connectivity index (χ2n) is 6.95. The van der Waals surface area contributed by atoms with Gasteiger partial charge in [-0.25, -0.2) is 4.68 Å². The molecule has 0 saturated carbocycles. The number of thiophene rings is 1. The zero-order valence-corrected chi connectivity index (χ0v) is 16.3. The number of fused-ring (bicyclic) bond motifs is 1. The second-order valence-corrected chi connectivity index (χ2v) is 8.42. The molecule has 0 bridgehead atoms. The number of benzene rings is 1. The Kier molecular flexibility index (Phi) is 4.50. The molecule has 1 fully saturated rings. The number of aromatic nitrogens is 2. The largest absolute Gasteiger partial charge is 0.335 e. The van der Waals surface area contributed by atoms with Crippen molar-refractivity contribution in [1.82, 2.24) is 14.7 Å². The van der Waals surface area contributed by atoms with Crippen molar-refractivity contribution in [2.24, 2.45) is 11.7 Å². The molecule has 1 aliphatic rings. The fourth-order valence-corrected chi connectivity index (χ4v) is 5.00. The Hall–Kier alpha value is -1.89. The van der Waals surface area contributed by atoms with Crippen molar-refractivity contribution >= 4 is 39.1 Å². The van der Waals surface area contributed by atoms with E-state index in [-0.39, 0.29) is 11.9 Å². The van der Waals surface area contributed by atoms with Gasteiger partial charge in [0, 0.05) is 23.0 Å². The third kappa shape index (κ3) is 2.92. The lowest BCUT2D eigenvalue weighted by Crippen LogP contribution is -2.33. The predicted octanol–water partition coefficient (Wildman–Crippen LogP) is 3.86. The monoisotopic (exact) mass is 388 g/mol. The third-order valence-corrected chi connectivity index (χ3v) is 6.40. The van der Waals surface area contributed by atoms with Gasteiger partial charge in [0.1, 0.15) is 4.83 Å². The summed E-state index contributed by atoms with van der Waals surface area (Å²) in [5, 5.41) is 6.30. The fourth-order valence-electron chi connectivity index (χ4n) is 3.67. The number of rotatable bonds is 3. The average Bonchev–Trinajstić information content (AvgIpc) is 3.29. The number of halogens is 1. The van der Waals surface area contributed by atoms with Crippen LogP contribution >= 0.6 is 22.9 Å². The Morgan fingerprint density at radius 2 is 2.23 bits per heavy atom. The van der Waals surface area contributed by atoms with Crippen molar-refractivity contribution in [3.63, 3.8) is 0 Å². The van der Waals surface area contributed by atoms with Gasteiger partial charge in [0.2, 0.25) is 0 Å². The molecule has 5 nitrogen and oxygen atoms in total. The van der Waals surface area contributed by atoms with E-state index in [4.69, 9.17) is 17.3 Å². The van der Waals surface area contributed by atoms with Gasteiger partial charge in [-0.1, -0.05) is 17.7 Å². The lowest BCUT2D eigenvalue weighted by molar-refractivity contribution is 0.0748. The van der Waals surface area contributed by atoms with E-state index in [9.17, 15) is 4.79 Å². The van der Waals surface area contributed by atoms with Crippen LogP contribution in [0, 0.1) is 12.8 Å². The fraction of sp³-hybridized carbons (Fsp3) is 0.368. The van der Waals surface area contributed by atoms with Gasteiger partial charge < -0.3 is 10.6 Å². The molecule has 0 spiro atoms. The number of carbonyl (C=O) groups is 1. The summed E-state index contributed by atoms with van der Waals surface area (Å²) in [5.74, 6) is 0.485. The number of nitrogens with two attached hydrogens (primary N) is 1. The number of carbonyl (C=O) groups excluding carboxylic acids is 1. The van der Waals surface area contributed by atoms with Gasteiger partial charge in [-0.15, -0.1) is 11.3 Å². The van der Waals surface area contributed by atoms with Crippen molar-refractivity contribution in [1.29, 1.82) is 0 Å². The van der Waals surface area contributed by atoms with Crippen molar-refractivity contribution < 1.29 is 4.79 Å². The highest BCUT2D eigenvalue weighted by atomic mass is 35.5. The standard InChI is InChI=1S/C19H21ClN4OS/c1-11-6-13(9-21)10-23(11)18(25)17-8-16-12(2)22-24(19(16)26-17)15-5-3-4-14(20)7-15/h3-5,7-8,11,13H,6,9-10,21H2,1-2H3. The molecule has 1 aromatic carbocycles. The first-order valence-corrected chi connectivity index (χ1v) is 9.93. The minimum absolute atomic E-state index is 0.0895. The van der Waals surface area contributed by atoms with E-state index in [1.165, 1.54) is 11.3 Å². The van der Waals surface area contributed by atoms with E-state index >= 15 is 0 Å². The molecular formula is C19H21ClN4OS. The summed E-state index contributed by atoms with van der Waals surface area (Å²) in [6.07, 6.45) is 0.975. The van der Waals surface area contributed by atoms with Crippen LogP contribution in [0.1, 0.15) is 28.7 Å². The lowest BCUT2D eigenvalue weighted by atomic mass is 10.1. The first kappa shape index (κ1) is 17.5. The van der Waals surface area contributed by atoms with Crippen LogP contribution in [0.25, 0.3) is 15.9 Å². The molecular weight excluding hydrogens is 368 g/mol. The Morgan fingerprint density at radius 1 is 1.42 bits per heavy atom. The van der Waals surface area contributed by atoms with E-state index in [1.54, 1.807) is 0 Å². The van der Waals surface area contributed by atoms with Gasteiger partial charge in [-0.05, 0) is 57.0 Å². The number of hydrogen-bond acceptors (Lipinski definition) is 4. The number of hydrogen-bond donors (Lipinski definition) is 1. The molecule has 1 saturated heterocycles. The Bertz CT molecular complexity index is 979. The summed E-state index contributed by atoms with van der Waals surface area (Å²) in [4.78, 5) is 16.7. The van der Waals surface area contributed by atoms with Crippen LogP contribution in [0.4, 0.5) is 0 Å².